The summed E-state index contributed by atoms with van der Waals surface area (Å²) in [6, 6.07) is 0. The summed E-state index contributed by atoms with van der Waals surface area (Å²) in [7, 11) is 0. The SMILES string of the molecule is [O-]C1=CC=CCC1. The van der Waals surface area contributed by atoms with Gasteiger partial charge in [-0.05, 0) is 12.8 Å². The molecule has 1 rings (SSSR count). The summed E-state index contributed by atoms with van der Waals surface area (Å²) in [5, 5.41) is 10.4. The largest absolute Gasteiger partial charge is 0.875 e. The highest BCUT2D eigenvalue weighted by molar-refractivity contribution is 5.10. The van der Waals surface area contributed by atoms with Crippen molar-refractivity contribution in [2.45, 2.75) is 12.8 Å². The molecule has 7 heavy (non-hydrogen) atoms. The predicted octanol–water partition coefficient (Wildman–Crippen LogP) is 0.581. The normalized spacial score (nSPS) is 19.1. The molecule has 0 saturated heterocycles. The molecule has 1 nitrogen and oxygen atoms in total. The number of allylic oxidation sites excluding steroid dienone is 4. The number of hydrogen-bond donors (Lipinski definition) is 0. The van der Waals surface area contributed by atoms with Crippen molar-refractivity contribution in [2.75, 3.05) is 0 Å². The Bertz CT molecular complexity index is 111. The van der Waals surface area contributed by atoms with Crippen molar-refractivity contribution in [3.63, 3.8) is 0 Å². The maximum atomic E-state index is 10.4. The minimum atomic E-state index is 0.252. The van der Waals surface area contributed by atoms with Crippen LogP contribution < -0.4 is 5.11 Å². The van der Waals surface area contributed by atoms with Crippen molar-refractivity contribution in [3.05, 3.63) is 24.0 Å². The molecule has 0 fully saturated rings. The Morgan fingerprint density at radius 3 is 2.71 bits per heavy atom. The molecule has 0 radical (unpaired) electrons. The van der Waals surface area contributed by atoms with Gasteiger partial charge in [-0.1, -0.05) is 18.2 Å². The number of rotatable bonds is 0. The fourth-order valence-corrected chi connectivity index (χ4v) is 0.581. The lowest BCUT2D eigenvalue weighted by atomic mass is 10.2. The average Bonchev–Trinajstić information content (AvgIpc) is 1.69. The summed E-state index contributed by atoms with van der Waals surface area (Å²) in [6.45, 7) is 0. The van der Waals surface area contributed by atoms with Gasteiger partial charge in [0.2, 0.25) is 0 Å². The van der Waals surface area contributed by atoms with Crippen LogP contribution >= 0.6 is 0 Å². The molecular formula is C6H7O-. The molecule has 0 aliphatic heterocycles. The molecule has 1 aliphatic carbocycles. The Morgan fingerprint density at radius 1 is 1.57 bits per heavy atom. The molecule has 0 aromatic heterocycles. The van der Waals surface area contributed by atoms with E-state index in [0.29, 0.717) is 6.42 Å². The van der Waals surface area contributed by atoms with E-state index < -0.39 is 0 Å². The summed E-state index contributed by atoms with van der Waals surface area (Å²) < 4.78 is 0. The van der Waals surface area contributed by atoms with Crippen molar-refractivity contribution < 1.29 is 5.11 Å². The summed E-state index contributed by atoms with van der Waals surface area (Å²) in [4.78, 5) is 0. The molecule has 1 heteroatoms. The fraction of sp³-hybridized carbons (Fsp3) is 0.333. The Hall–Kier alpha value is -0.720. The molecule has 0 aromatic carbocycles. The minimum absolute atomic E-state index is 0.252. The molecule has 38 valence electrons. The van der Waals surface area contributed by atoms with Crippen LogP contribution in [0.4, 0.5) is 0 Å². The molecule has 0 spiro atoms. The topological polar surface area (TPSA) is 23.1 Å². The van der Waals surface area contributed by atoms with Gasteiger partial charge < -0.3 is 5.11 Å². The van der Waals surface area contributed by atoms with Gasteiger partial charge in [0, 0.05) is 0 Å². The molecule has 0 heterocycles. The Balaban J connectivity index is 2.57. The monoisotopic (exact) mass is 95.1 g/mol. The van der Waals surface area contributed by atoms with Crippen LogP contribution in [-0.2, 0) is 0 Å². The van der Waals surface area contributed by atoms with Crippen LogP contribution in [0.1, 0.15) is 12.8 Å². The van der Waals surface area contributed by atoms with E-state index in [1.165, 1.54) is 0 Å². The smallest absolute Gasteiger partial charge is 0.0319 e. The van der Waals surface area contributed by atoms with Crippen molar-refractivity contribution in [1.29, 1.82) is 0 Å². The summed E-state index contributed by atoms with van der Waals surface area (Å²) in [5.74, 6) is 0.252. The predicted molar refractivity (Wildman–Crippen MR) is 26.5 cm³/mol. The lowest BCUT2D eigenvalue weighted by molar-refractivity contribution is -0.306. The second-order valence-electron chi connectivity index (χ2n) is 1.60. The Labute approximate surface area is 43.0 Å². The second kappa shape index (κ2) is 1.82. The van der Waals surface area contributed by atoms with Gasteiger partial charge in [-0.2, -0.15) is 0 Å². The van der Waals surface area contributed by atoms with Crippen LogP contribution in [0, 0.1) is 0 Å². The van der Waals surface area contributed by atoms with Gasteiger partial charge in [0.05, 0.1) is 0 Å². The third-order valence-corrected chi connectivity index (χ3v) is 0.976. The highest BCUT2D eigenvalue weighted by atomic mass is 16.3. The van der Waals surface area contributed by atoms with E-state index in [-0.39, 0.29) is 5.76 Å². The molecule has 0 saturated carbocycles. The summed E-state index contributed by atoms with van der Waals surface area (Å²) in [5.41, 5.74) is 0. The van der Waals surface area contributed by atoms with Crippen molar-refractivity contribution in [3.8, 4) is 0 Å². The van der Waals surface area contributed by atoms with E-state index in [0.717, 1.165) is 6.42 Å². The lowest BCUT2D eigenvalue weighted by Crippen LogP contribution is -2.03. The zero-order chi connectivity index (χ0) is 5.11. The Kier molecular flexibility index (Phi) is 1.16. The molecule has 0 aromatic rings. The van der Waals surface area contributed by atoms with Crippen molar-refractivity contribution in [1.82, 2.24) is 0 Å². The van der Waals surface area contributed by atoms with Crippen LogP contribution in [-0.4, -0.2) is 0 Å². The third-order valence-electron chi connectivity index (χ3n) is 0.976. The van der Waals surface area contributed by atoms with Crippen LogP contribution in [0.2, 0.25) is 0 Å². The molecule has 0 amide bonds. The lowest BCUT2D eigenvalue weighted by Gasteiger charge is -2.10. The van der Waals surface area contributed by atoms with Gasteiger partial charge in [0.1, 0.15) is 0 Å². The second-order valence-corrected chi connectivity index (χ2v) is 1.60. The van der Waals surface area contributed by atoms with Crippen LogP contribution in [0.15, 0.2) is 24.0 Å². The molecule has 1 aliphatic rings. The molecular weight excluding hydrogens is 88.1 g/mol. The van der Waals surface area contributed by atoms with Gasteiger partial charge in [0.25, 0.3) is 0 Å². The van der Waals surface area contributed by atoms with Crippen molar-refractivity contribution >= 4 is 0 Å². The first-order valence-electron chi connectivity index (χ1n) is 2.42. The highest BCUT2D eigenvalue weighted by Crippen LogP contribution is 2.03. The highest BCUT2D eigenvalue weighted by Gasteiger charge is 1.83. The van der Waals surface area contributed by atoms with Gasteiger partial charge in [0.15, 0.2) is 0 Å². The van der Waals surface area contributed by atoms with E-state index in [9.17, 15) is 5.11 Å². The standard InChI is InChI=1S/C6H8O/c7-6-4-2-1-3-5-6/h1-2,4,7H,3,5H2/p-1. The van der Waals surface area contributed by atoms with E-state index >= 15 is 0 Å². The molecule has 0 bridgehead atoms. The van der Waals surface area contributed by atoms with E-state index in [4.69, 9.17) is 0 Å². The van der Waals surface area contributed by atoms with Crippen LogP contribution in [0.25, 0.3) is 0 Å². The fourth-order valence-electron chi connectivity index (χ4n) is 0.581. The average molecular weight is 95.1 g/mol. The first-order valence-corrected chi connectivity index (χ1v) is 2.42. The van der Waals surface area contributed by atoms with E-state index in [2.05, 4.69) is 0 Å². The van der Waals surface area contributed by atoms with Crippen LogP contribution in [0.3, 0.4) is 0 Å². The van der Waals surface area contributed by atoms with Crippen LogP contribution in [0.5, 0.6) is 0 Å². The molecule has 0 N–H and O–H groups in total. The van der Waals surface area contributed by atoms with E-state index in [1.54, 1.807) is 6.08 Å². The first-order chi connectivity index (χ1) is 3.39. The summed E-state index contributed by atoms with van der Waals surface area (Å²) in [6.07, 6.45) is 7.06. The number of hydrogen-bond acceptors (Lipinski definition) is 1. The van der Waals surface area contributed by atoms with Gasteiger partial charge in [-0.25, -0.2) is 0 Å². The quantitative estimate of drug-likeness (QED) is 0.431. The summed E-state index contributed by atoms with van der Waals surface area (Å²) >= 11 is 0. The zero-order valence-electron chi connectivity index (χ0n) is 4.05. The molecule has 0 unspecified atom stereocenters. The Morgan fingerprint density at radius 2 is 2.43 bits per heavy atom. The zero-order valence-corrected chi connectivity index (χ0v) is 4.05. The third kappa shape index (κ3) is 1.07. The molecule has 0 atom stereocenters. The minimum Gasteiger partial charge on any atom is -0.875 e. The maximum absolute atomic E-state index is 10.4. The van der Waals surface area contributed by atoms with Gasteiger partial charge >= 0.3 is 0 Å². The van der Waals surface area contributed by atoms with E-state index in [1.807, 2.05) is 12.2 Å². The maximum Gasteiger partial charge on any atom is -0.0319 e. The van der Waals surface area contributed by atoms with Gasteiger partial charge in [-0.3, -0.25) is 0 Å². The van der Waals surface area contributed by atoms with Gasteiger partial charge in [-0.15, -0.1) is 5.76 Å². The first kappa shape index (κ1) is 4.44. The van der Waals surface area contributed by atoms with Crippen molar-refractivity contribution in [2.24, 2.45) is 0 Å².